The van der Waals surface area contributed by atoms with Crippen LogP contribution in [0.4, 0.5) is 0 Å². The van der Waals surface area contributed by atoms with Crippen LogP contribution in [-0.4, -0.2) is 39.4 Å². The Bertz CT molecular complexity index is 702. The van der Waals surface area contributed by atoms with Gasteiger partial charge in [0.25, 0.3) is 5.91 Å². The van der Waals surface area contributed by atoms with Crippen LogP contribution in [0.2, 0.25) is 0 Å². The van der Waals surface area contributed by atoms with E-state index >= 15 is 0 Å². The third-order valence-corrected chi connectivity index (χ3v) is 4.00. The maximum Gasteiger partial charge on any atom is 0.272 e. The van der Waals surface area contributed by atoms with Gasteiger partial charge in [0.15, 0.2) is 0 Å². The Morgan fingerprint density at radius 1 is 1.04 bits per heavy atom. The molecule has 0 aromatic heterocycles. The number of rotatable bonds is 11. The molecular formula is C21H27NO5. The summed E-state index contributed by atoms with van der Waals surface area (Å²) in [7, 11) is 3.06. The van der Waals surface area contributed by atoms with Gasteiger partial charge in [0.2, 0.25) is 0 Å². The van der Waals surface area contributed by atoms with E-state index < -0.39 is 6.10 Å². The number of amides is 1. The van der Waals surface area contributed by atoms with Gasteiger partial charge in [-0.3, -0.25) is 9.63 Å². The van der Waals surface area contributed by atoms with Crippen LogP contribution in [0.3, 0.4) is 0 Å². The molecule has 0 heterocycles. The first-order valence-electron chi connectivity index (χ1n) is 8.95. The summed E-state index contributed by atoms with van der Waals surface area (Å²) < 4.78 is 16.5. The van der Waals surface area contributed by atoms with Crippen molar-refractivity contribution >= 4 is 5.91 Å². The van der Waals surface area contributed by atoms with Crippen LogP contribution >= 0.6 is 0 Å². The van der Waals surface area contributed by atoms with Gasteiger partial charge in [-0.1, -0.05) is 24.3 Å². The van der Waals surface area contributed by atoms with Crippen LogP contribution in [0.25, 0.3) is 0 Å². The van der Waals surface area contributed by atoms with Crippen LogP contribution in [0.5, 0.6) is 11.5 Å². The summed E-state index contributed by atoms with van der Waals surface area (Å²) in [6.45, 7) is 2.88. The lowest BCUT2D eigenvalue weighted by Gasteiger charge is -2.16. The van der Waals surface area contributed by atoms with Crippen LogP contribution in [0.1, 0.15) is 18.1 Å². The van der Waals surface area contributed by atoms with E-state index in [0.29, 0.717) is 19.6 Å². The number of hydroxylamine groups is 1. The van der Waals surface area contributed by atoms with Crippen LogP contribution in [0, 0.1) is 0 Å². The number of nitrogens with one attached hydrogen (secondary N) is 1. The lowest BCUT2D eigenvalue weighted by atomic mass is 10.1. The number of ether oxygens (including phenoxy) is 3. The average molecular weight is 373 g/mol. The van der Waals surface area contributed by atoms with Gasteiger partial charge in [-0.15, -0.1) is 0 Å². The monoisotopic (exact) mass is 373 g/mol. The highest BCUT2D eigenvalue weighted by Crippen LogP contribution is 2.16. The molecular weight excluding hydrogens is 346 g/mol. The first-order valence-corrected chi connectivity index (χ1v) is 8.95. The molecule has 0 fully saturated rings. The zero-order valence-electron chi connectivity index (χ0n) is 16.1. The minimum absolute atomic E-state index is 0.294. The summed E-state index contributed by atoms with van der Waals surface area (Å²) in [4.78, 5) is 16.6. The first-order chi connectivity index (χ1) is 13.2. The van der Waals surface area contributed by atoms with E-state index in [1.54, 1.807) is 7.11 Å². The Labute approximate surface area is 160 Å². The molecule has 1 unspecified atom stereocenters. The number of hydrogen-bond acceptors (Lipinski definition) is 5. The van der Waals surface area contributed by atoms with Crippen molar-refractivity contribution in [3.8, 4) is 11.5 Å². The third-order valence-electron chi connectivity index (χ3n) is 4.00. The fourth-order valence-corrected chi connectivity index (χ4v) is 2.65. The van der Waals surface area contributed by atoms with Crippen molar-refractivity contribution in [3.63, 3.8) is 0 Å². The topological polar surface area (TPSA) is 66.0 Å². The summed E-state index contributed by atoms with van der Waals surface area (Å²) in [6, 6.07) is 15.6. The molecule has 27 heavy (non-hydrogen) atoms. The van der Waals surface area contributed by atoms with Gasteiger partial charge in [0.05, 0.1) is 20.8 Å². The second kappa shape index (κ2) is 11.2. The maximum atomic E-state index is 11.9. The van der Waals surface area contributed by atoms with Crippen molar-refractivity contribution in [1.82, 2.24) is 5.48 Å². The molecule has 1 amide bonds. The predicted octanol–water partition coefficient (Wildman–Crippen LogP) is 2.94. The number of hydrogen-bond donors (Lipinski definition) is 1. The second-order valence-electron chi connectivity index (χ2n) is 5.91. The molecule has 1 atom stereocenters. The molecule has 1 N–H and O–H groups in total. The molecule has 0 radical (unpaired) electrons. The highest BCUT2D eigenvalue weighted by atomic mass is 16.6. The number of carbonyl (C=O) groups is 1. The van der Waals surface area contributed by atoms with Crippen LogP contribution < -0.4 is 15.0 Å². The van der Waals surface area contributed by atoms with Gasteiger partial charge < -0.3 is 14.2 Å². The van der Waals surface area contributed by atoms with E-state index in [-0.39, 0.29) is 5.91 Å². The third kappa shape index (κ3) is 6.92. The van der Waals surface area contributed by atoms with E-state index in [9.17, 15) is 4.79 Å². The minimum Gasteiger partial charge on any atom is -0.497 e. The smallest absolute Gasteiger partial charge is 0.272 e. The Hall–Kier alpha value is -2.57. The molecule has 0 saturated heterocycles. The van der Waals surface area contributed by atoms with E-state index in [1.165, 1.54) is 7.11 Å². The molecule has 6 heteroatoms. The highest BCUT2D eigenvalue weighted by molar-refractivity contribution is 5.80. The molecule has 0 aliphatic rings. The molecule has 6 nitrogen and oxygen atoms in total. The first kappa shape index (κ1) is 20.7. The Morgan fingerprint density at radius 3 is 2.48 bits per heavy atom. The van der Waals surface area contributed by atoms with Gasteiger partial charge >= 0.3 is 0 Å². The molecule has 2 aromatic carbocycles. The van der Waals surface area contributed by atoms with Gasteiger partial charge in [-0.2, -0.15) is 0 Å². The molecule has 0 aliphatic carbocycles. The summed E-state index contributed by atoms with van der Waals surface area (Å²) in [5, 5.41) is 0. The molecule has 0 saturated carbocycles. The molecule has 2 aromatic rings. The molecule has 146 valence electrons. The molecule has 0 spiro atoms. The standard InChI is InChI=1S/C21H27NO5/c1-4-26-20(21(23)22-25-3)15-17-8-10-18(11-9-17)27-13-12-16-6-5-7-19(14-16)24-2/h5-11,14,20H,4,12-13,15H2,1-3H3,(H,22,23). The second-order valence-corrected chi connectivity index (χ2v) is 5.91. The van der Waals surface area contributed by atoms with Gasteiger partial charge in [-0.05, 0) is 42.3 Å². The zero-order valence-corrected chi connectivity index (χ0v) is 16.1. The SMILES string of the molecule is CCOC(Cc1ccc(OCCc2cccc(OC)c2)cc1)C(=O)NOC. The Balaban J connectivity index is 1.85. The van der Waals surface area contributed by atoms with Gasteiger partial charge in [-0.25, -0.2) is 5.48 Å². The summed E-state index contributed by atoms with van der Waals surface area (Å²) >= 11 is 0. The summed E-state index contributed by atoms with van der Waals surface area (Å²) in [6.07, 6.45) is 0.671. The van der Waals surface area contributed by atoms with E-state index in [0.717, 1.165) is 29.0 Å². The summed E-state index contributed by atoms with van der Waals surface area (Å²) in [5.74, 6) is 1.34. The van der Waals surface area contributed by atoms with E-state index in [2.05, 4.69) is 10.3 Å². The summed E-state index contributed by atoms with van der Waals surface area (Å²) in [5.41, 5.74) is 4.46. The average Bonchev–Trinajstić information content (AvgIpc) is 2.69. The minimum atomic E-state index is -0.588. The largest absolute Gasteiger partial charge is 0.497 e. The fraction of sp³-hybridized carbons (Fsp3) is 0.381. The molecule has 0 aliphatic heterocycles. The quantitative estimate of drug-likeness (QED) is 0.614. The van der Waals surface area contributed by atoms with Crippen molar-refractivity contribution in [3.05, 3.63) is 59.7 Å². The Morgan fingerprint density at radius 2 is 1.81 bits per heavy atom. The number of benzene rings is 2. The van der Waals surface area contributed by atoms with Gasteiger partial charge in [0, 0.05) is 19.4 Å². The molecule has 0 bridgehead atoms. The Kier molecular flexibility index (Phi) is 8.61. The van der Waals surface area contributed by atoms with Crippen molar-refractivity contribution in [2.75, 3.05) is 27.4 Å². The van der Waals surface area contributed by atoms with Crippen molar-refractivity contribution < 1.29 is 23.8 Å². The highest BCUT2D eigenvalue weighted by Gasteiger charge is 2.19. The van der Waals surface area contributed by atoms with E-state index in [4.69, 9.17) is 14.2 Å². The van der Waals surface area contributed by atoms with E-state index in [1.807, 2.05) is 55.5 Å². The number of carbonyl (C=O) groups excluding carboxylic acids is 1. The lowest BCUT2D eigenvalue weighted by Crippen LogP contribution is -2.37. The molecule has 2 rings (SSSR count). The number of methoxy groups -OCH3 is 1. The lowest BCUT2D eigenvalue weighted by molar-refractivity contribution is -0.143. The fourth-order valence-electron chi connectivity index (χ4n) is 2.65. The van der Waals surface area contributed by atoms with Crippen molar-refractivity contribution in [1.29, 1.82) is 0 Å². The zero-order chi connectivity index (χ0) is 19.5. The van der Waals surface area contributed by atoms with Crippen molar-refractivity contribution in [2.24, 2.45) is 0 Å². The van der Waals surface area contributed by atoms with Gasteiger partial charge in [0.1, 0.15) is 17.6 Å². The normalized spacial score (nSPS) is 11.7. The maximum absolute atomic E-state index is 11.9. The predicted molar refractivity (Wildman–Crippen MR) is 103 cm³/mol. The van der Waals surface area contributed by atoms with Crippen LogP contribution in [0.15, 0.2) is 48.5 Å². The van der Waals surface area contributed by atoms with Crippen molar-refractivity contribution in [2.45, 2.75) is 25.9 Å². The van der Waals surface area contributed by atoms with Crippen LogP contribution in [-0.2, 0) is 27.2 Å².